The molecule has 3 heterocycles. The smallest absolute Gasteiger partial charge is 0.220 e. The van der Waals surface area contributed by atoms with E-state index in [2.05, 4.69) is 60.7 Å². The van der Waals surface area contributed by atoms with Crippen LogP contribution in [0.5, 0.6) is 17.4 Å². The number of aryl methyl sites for hydroxylation is 2. The number of hydrogen-bond acceptors (Lipinski definition) is 4. The fourth-order valence-electron chi connectivity index (χ4n) is 5.18. The Labute approximate surface area is 216 Å². The third-order valence-corrected chi connectivity index (χ3v) is 6.90. The molecular formula is C32H29N3O2. The maximum absolute atomic E-state index is 10.4. The van der Waals surface area contributed by atoms with Crippen LogP contribution in [0.25, 0.3) is 38.5 Å². The van der Waals surface area contributed by atoms with E-state index in [1.54, 1.807) is 6.07 Å². The van der Waals surface area contributed by atoms with Crippen LogP contribution >= 0.6 is 0 Å². The van der Waals surface area contributed by atoms with Crippen molar-refractivity contribution in [2.75, 3.05) is 0 Å². The molecule has 0 aliphatic carbocycles. The molecule has 184 valence electrons. The maximum atomic E-state index is 10.4. The molecule has 5 nitrogen and oxygen atoms in total. The van der Waals surface area contributed by atoms with Gasteiger partial charge in [0.2, 0.25) is 5.88 Å². The highest BCUT2D eigenvalue weighted by atomic mass is 16.5. The van der Waals surface area contributed by atoms with Gasteiger partial charge in [0.15, 0.2) is 0 Å². The largest absolute Gasteiger partial charge is 0.506 e. The average Bonchev–Trinajstić information content (AvgIpc) is 3.18. The number of aromatic hydroxyl groups is 1. The van der Waals surface area contributed by atoms with E-state index in [0.29, 0.717) is 17.1 Å². The van der Waals surface area contributed by atoms with Gasteiger partial charge in [0.25, 0.3) is 0 Å². The van der Waals surface area contributed by atoms with Crippen LogP contribution in [0.1, 0.15) is 37.6 Å². The first-order chi connectivity index (χ1) is 17.7. The highest BCUT2D eigenvalue weighted by Crippen LogP contribution is 2.40. The lowest BCUT2D eigenvalue weighted by molar-refractivity contribution is 0.460. The predicted molar refractivity (Wildman–Crippen MR) is 150 cm³/mol. The first kappa shape index (κ1) is 23.0. The summed E-state index contributed by atoms with van der Waals surface area (Å²) in [6.07, 6.45) is 0. The minimum Gasteiger partial charge on any atom is -0.506 e. The van der Waals surface area contributed by atoms with Crippen LogP contribution in [0.3, 0.4) is 0 Å². The highest BCUT2D eigenvalue weighted by molar-refractivity contribution is 6.11. The molecule has 0 saturated heterocycles. The summed E-state index contributed by atoms with van der Waals surface area (Å²) in [4.78, 5) is 9.46. The van der Waals surface area contributed by atoms with Gasteiger partial charge in [-0.1, -0.05) is 51.1 Å². The fourth-order valence-corrected chi connectivity index (χ4v) is 5.18. The SMILES string of the molecule is Cc1cccc(-n2c3cc(Oc4cc(C)c5cccc(O)c5n4)ccc3c3c(C(C)(C)C)cccc32)n1. The van der Waals surface area contributed by atoms with Crippen LogP contribution < -0.4 is 4.74 Å². The Hall–Kier alpha value is -4.38. The van der Waals surface area contributed by atoms with Gasteiger partial charge in [-0.25, -0.2) is 9.97 Å². The summed E-state index contributed by atoms with van der Waals surface area (Å²) in [5.74, 6) is 2.12. The summed E-state index contributed by atoms with van der Waals surface area (Å²) in [6.45, 7) is 10.7. The number of rotatable bonds is 3. The number of hydrogen-bond donors (Lipinski definition) is 1. The lowest BCUT2D eigenvalue weighted by Gasteiger charge is -2.20. The van der Waals surface area contributed by atoms with Crippen LogP contribution in [-0.4, -0.2) is 19.6 Å². The third kappa shape index (κ3) is 3.87. The van der Waals surface area contributed by atoms with Gasteiger partial charge in [-0.3, -0.25) is 4.57 Å². The first-order valence-electron chi connectivity index (χ1n) is 12.5. The van der Waals surface area contributed by atoms with Crippen molar-refractivity contribution in [3.63, 3.8) is 0 Å². The molecular weight excluding hydrogens is 458 g/mol. The lowest BCUT2D eigenvalue weighted by atomic mass is 9.84. The second kappa shape index (κ2) is 8.34. The Morgan fingerprint density at radius 1 is 0.784 bits per heavy atom. The molecule has 0 bridgehead atoms. The fraction of sp³-hybridized carbons (Fsp3) is 0.188. The van der Waals surface area contributed by atoms with Crippen LogP contribution in [0.15, 0.2) is 78.9 Å². The molecule has 0 spiro atoms. The summed E-state index contributed by atoms with van der Waals surface area (Å²) in [7, 11) is 0. The van der Waals surface area contributed by atoms with E-state index in [1.165, 1.54) is 10.9 Å². The van der Waals surface area contributed by atoms with E-state index >= 15 is 0 Å². The molecule has 0 saturated carbocycles. The molecule has 6 aromatic rings. The number of aromatic nitrogens is 3. The summed E-state index contributed by atoms with van der Waals surface area (Å²) in [5.41, 5.74) is 5.88. The molecule has 0 unspecified atom stereocenters. The van der Waals surface area contributed by atoms with E-state index in [1.807, 2.05) is 56.3 Å². The Balaban J connectivity index is 1.59. The Morgan fingerprint density at radius 2 is 1.57 bits per heavy atom. The van der Waals surface area contributed by atoms with Gasteiger partial charge in [-0.2, -0.15) is 0 Å². The van der Waals surface area contributed by atoms with Gasteiger partial charge in [0.05, 0.1) is 11.0 Å². The molecule has 37 heavy (non-hydrogen) atoms. The zero-order valence-corrected chi connectivity index (χ0v) is 21.7. The van der Waals surface area contributed by atoms with Gasteiger partial charge in [-0.15, -0.1) is 0 Å². The number of para-hydroxylation sites is 1. The molecule has 0 aliphatic rings. The van der Waals surface area contributed by atoms with Gasteiger partial charge in [0.1, 0.15) is 22.8 Å². The lowest BCUT2D eigenvalue weighted by Crippen LogP contribution is -2.11. The summed E-state index contributed by atoms with van der Waals surface area (Å²) < 4.78 is 8.50. The molecule has 3 aromatic heterocycles. The molecule has 5 heteroatoms. The summed E-state index contributed by atoms with van der Waals surface area (Å²) in [5, 5.41) is 13.6. The first-order valence-corrected chi connectivity index (χ1v) is 12.5. The van der Waals surface area contributed by atoms with Gasteiger partial charge in [-0.05, 0) is 66.8 Å². The van der Waals surface area contributed by atoms with E-state index in [9.17, 15) is 5.11 Å². The van der Waals surface area contributed by atoms with E-state index in [4.69, 9.17) is 9.72 Å². The minimum absolute atomic E-state index is 0.0254. The molecule has 0 atom stereocenters. The van der Waals surface area contributed by atoms with Crippen LogP contribution in [0, 0.1) is 13.8 Å². The third-order valence-electron chi connectivity index (χ3n) is 6.90. The van der Waals surface area contributed by atoms with Gasteiger partial charge >= 0.3 is 0 Å². The van der Waals surface area contributed by atoms with Crippen molar-refractivity contribution >= 4 is 32.7 Å². The quantitative estimate of drug-likeness (QED) is 0.274. The van der Waals surface area contributed by atoms with Crippen LogP contribution in [0.2, 0.25) is 0 Å². The summed E-state index contributed by atoms with van der Waals surface area (Å²) in [6, 6.07) is 26.1. The van der Waals surface area contributed by atoms with Crippen molar-refractivity contribution in [1.82, 2.24) is 14.5 Å². The number of benzene rings is 3. The standard InChI is InChI=1S/C32H29N3O2/c1-19-17-29(34-31-22(19)10-7-13-27(31)36)37-21-15-16-23-26(18-21)35(28-14-6-9-20(2)33-28)25-12-8-11-24(30(23)25)32(3,4)5/h6-18,36H,1-5H3. The zero-order chi connectivity index (χ0) is 25.9. The van der Waals surface area contributed by atoms with Crippen molar-refractivity contribution in [3.8, 4) is 23.2 Å². The van der Waals surface area contributed by atoms with Crippen molar-refractivity contribution in [1.29, 1.82) is 0 Å². The van der Waals surface area contributed by atoms with E-state index in [0.717, 1.165) is 38.9 Å². The molecule has 0 fully saturated rings. The molecule has 0 aliphatic heterocycles. The van der Waals surface area contributed by atoms with Crippen LogP contribution in [-0.2, 0) is 5.41 Å². The number of phenolic OH excluding ortho intramolecular Hbond substituents is 1. The van der Waals surface area contributed by atoms with E-state index < -0.39 is 0 Å². The number of ether oxygens (including phenoxy) is 1. The second-order valence-electron chi connectivity index (χ2n) is 10.7. The number of nitrogens with zero attached hydrogens (tertiary/aromatic N) is 3. The average molecular weight is 488 g/mol. The van der Waals surface area contributed by atoms with Gasteiger partial charge < -0.3 is 9.84 Å². The van der Waals surface area contributed by atoms with Crippen LogP contribution in [0.4, 0.5) is 0 Å². The number of pyridine rings is 2. The molecule has 1 N–H and O–H groups in total. The Morgan fingerprint density at radius 3 is 2.35 bits per heavy atom. The second-order valence-corrected chi connectivity index (χ2v) is 10.7. The van der Waals surface area contributed by atoms with Crippen molar-refractivity contribution in [2.24, 2.45) is 0 Å². The Bertz CT molecular complexity index is 1830. The molecule has 3 aromatic carbocycles. The maximum Gasteiger partial charge on any atom is 0.220 e. The van der Waals surface area contributed by atoms with Gasteiger partial charge in [0, 0.05) is 34.0 Å². The molecule has 0 amide bonds. The monoisotopic (exact) mass is 487 g/mol. The predicted octanol–water partition coefficient (Wildman–Crippen LogP) is 8.14. The van der Waals surface area contributed by atoms with Crippen molar-refractivity contribution < 1.29 is 9.84 Å². The number of fused-ring (bicyclic) bond motifs is 4. The summed E-state index contributed by atoms with van der Waals surface area (Å²) >= 11 is 0. The topological polar surface area (TPSA) is 60.2 Å². The van der Waals surface area contributed by atoms with Crippen molar-refractivity contribution in [2.45, 2.75) is 40.0 Å². The van der Waals surface area contributed by atoms with E-state index in [-0.39, 0.29) is 11.2 Å². The zero-order valence-electron chi connectivity index (χ0n) is 21.7. The van der Waals surface area contributed by atoms with Crippen molar-refractivity contribution in [3.05, 3.63) is 95.7 Å². The number of phenols is 1. The highest BCUT2D eigenvalue weighted by Gasteiger charge is 2.23. The molecule has 0 radical (unpaired) electrons. The minimum atomic E-state index is -0.0254. The molecule has 6 rings (SSSR count). The normalized spacial score (nSPS) is 12.0. The Kier molecular flexibility index (Phi) is 5.19.